The quantitative estimate of drug-likeness (QED) is 0.930. The van der Waals surface area contributed by atoms with Crippen molar-refractivity contribution in [1.29, 1.82) is 0 Å². The van der Waals surface area contributed by atoms with Gasteiger partial charge in [-0.2, -0.15) is 0 Å². The van der Waals surface area contributed by atoms with E-state index in [-0.39, 0.29) is 5.91 Å². The minimum absolute atomic E-state index is 0.0203. The second-order valence-corrected chi connectivity index (χ2v) is 6.90. The summed E-state index contributed by atoms with van der Waals surface area (Å²) < 4.78 is 2.18. The first-order chi connectivity index (χ1) is 11.5. The molecule has 0 unspecified atom stereocenters. The highest BCUT2D eigenvalue weighted by Crippen LogP contribution is 2.25. The molecule has 0 spiro atoms. The largest absolute Gasteiger partial charge is 0.351 e. The van der Waals surface area contributed by atoms with E-state index in [1.807, 2.05) is 18.2 Å². The summed E-state index contributed by atoms with van der Waals surface area (Å²) in [5.74, 6) is 0.0203. The third-order valence-electron chi connectivity index (χ3n) is 5.38. The molecule has 0 atom stereocenters. The van der Waals surface area contributed by atoms with Crippen molar-refractivity contribution in [1.82, 2.24) is 19.7 Å². The molecule has 1 saturated heterocycles. The van der Waals surface area contributed by atoms with Crippen LogP contribution in [0.4, 0.5) is 0 Å². The van der Waals surface area contributed by atoms with Crippen LogP contribution in [-0.2, 0) is 7.05 Å². The molecule has 5 nitrogen and oxygen atoms in total. The Hall–Kier alpha value is -1.85. The normalized spacial score (nSPS) is 16.7. The number of benzene rings is 1. The molecule has 1 aromatic heterocycles. The molecule has 3 rings (SSSR count). The smallest absolute Gasteiger partial charge is 0.251 e. The zero-order valence-electron chi connectivity index (χ0n) is 15.2. The highest BCUT2D eigenvalue weighted by molar-refractivity contribution is 5.99. The lowest BCUT2D eigenvalue weighted by molar-refractivity contribution is 0.0941. The van der Waals surface area contributed by atoms with E-state index >= 15 is 0 Å². The molecule has 0 bridgehead atoms. The minimum Gasteiger partial charge on any atom is -0.351 e. The zero-order valence-corrected chi connectivity index (χ0v) is 15.2. The topological polar surface area (TPSA) is 40.5 Å². The van der Waals surface area contributed by atoms with Gasteiger partial charge in [0.15, 0.2) is 0 Å². The fourth-order valence-corrected chi connectivity index (χ4v) is 3.40. The van der Waals surface area contributed by atoms with Crippen LogP contribution in [0.1, 0.15) is 21.6 Å². The summed E-state index contributed by atoms with van der Waals surface area (Å²) in [4.78, 5) is 17.2. The summed E-state index contributed by atoms with van der Waals surface area (Å²) >= 11 is 0. The van der Waals surface area contributed by atoms with Crippen molar-refractivity contribution >= 4 is 16.8 Å². The first kappa shape index (κ1) is 17.0. The van der Waals surface area contributed by atoms with Crippen LogP contribution < -0.4 is 5.32 Å². The highest BCUT2D eigenvalue weighted by atomic mass is 16.1. The zero-order chi connectivity index (χ0) is 17.3. The van der Waals surface area contributed by atoms with Crippen LogP contribution in [0.25, 0.3) is 10.9 Å². The van der Waals surface area contributed by atoms with Gasteiger partial charge >= 0.3 is 0 Å². The van der Waals surface area contributed by atoms with E-state index in [9.17, 15) is 4.79 Å². The van der Waals surface area contributed by atoms with Crippen LogP contribution in [0.2, 0.25) is 0 Å². The summed E-state index contributed by atoms with van der Waals surface area (Å²) in [6.07, 6.45) is 0. The van der Waals surface area contributed by atoms with Crippen molar-refractivity contribution < 1.29 is 4.79 Å². The van der Waals surface area contributed by atoms with Gasteiger partial charge in [-0.1, -0.05) is 0 Å². The van der Waals surface area contributed by atoms with E-state index in [4.69, 9.17) is 0 Å². The monoisotopic (exact) mass is 328 g/mol. The third-order valence-corrected chi connectivity index (χ3v) is 5.38. The van der Waals surface area contributed by atoms with Gasteiger partial charge in [0.05, 0.1) is 0 Å². The minimum atomic E-state index is 0.0203. The molecule has 24 heavy (non-hydrogen) atoms. The first-order valence-corrected chi connectivity index (χ1v) is 8.72. The molecule has 0 aliphatic carbocycles. The number of nitrogens with zero attached hydrogens (tertiary/aromatic N) is 3. The average Bonchev–Trinajstić information content (AvgIpc) is 2.81. The molecule has 1 aromatic carbocycles. The second kappa shape index (κ2) is 6.95. The second-order valence-electron chi connectivity index (χ2n) is 6.90. The molecule has 1 aliphatic rings. The summed E-state index contributed by atoms with van der Waals surface area (Å²) in [6, 6.07) is 5.99. The van der Waals surface area contributed by atoms with Crippen LogP contribution in [0.15, 0.2) is 18.2 Å². The van der Waals surface area contributed by atoms with Gasteiger partial charge in [-0.3, -0.25) is 9.69 Å². The number of piperazine rings is 1. The molecule has 0 saturated carbocycles. The lowest BCUT2D eigenvalue weighted by atomic mass is 10.1. The molecule has 1 fully saturated rings. The van der Waals surface area contributed by atoms with Crippen molar-refractivity contribution in [2.24, 2.45) is 7.05 Å². The first-order valence-electron chi connectivity index (χ1n) is 8.72. The Morgan fingerprint density at radius 3 is 2.54 bits per heavy atom. The van der Waals surface area contributed by atoms with Gasteiger partial charge in [-0.05, 0) is 44.7 Å². The number of carbonyl (C=O) groups excluding carboxylic acids is 1. The SMILES string of the molecule is Cc1c(C)n(C)c2ccc(C(=O)NCCN3CCN(C)CC3)cc12. The molecule has 5 heteroatoms. The molecule has 2 aromatic rings. The summed E-state index contributed by atoms with van der Waals surface area (Å²) in [6.45, 7) is 10.2. The Kier molecular flexibility index (Phi) is 4.92. The average molecular weight is 328 g/mol. The van der Waals surface area contributed by atoms with Gasteiger partial charge in [0.2, 0.25) is 0 Å². The maximum absolute atomic E-state index is 12.4. The van der Waals surface area contributed by atoms with Crippen LogP contribution in [0, 0.1) is 13.8 Å². The van der Waals surface area contributed by atoms with Crippen LogP contribution >= 0.6 is 0 Å². The van der Waals surface area contributed by atoms with E-state index in [2.05, 4.69) is 47.6 Å². The van der Waals surface area contributed by atoms with Gasteiger partial charge in [-0.15, -0.1) is 0 Å². The molecule has 1 aliphatic heterocycles. The molecule has 0 radical (unpaired) electrons. The Morgan fingerprint density at radius 2 is 1.83 bits per heavy atom. The van der Waals surface area contributed by atoms with Gasteiger partial charge in [0.25, 0.3) is 5.91 Å². The van der Waals surface area contributed by atoms with Gasteiger partial charge < -0.3 is 14.8 Å². The van der Waals surface area contributed by atoms with Gasteiger partial charge in [-0.25, -0.2) is 0 Å². The predicted octanol–water partition coefficient (Wildman–Crippen LogP) is 1.77. The number of hydrogen-bond acceptors (Lipinski definition) is 3. The number of rotatable bonds is 4. The lowest BCUT2D eigenvalue weighted by Gasteiger charge is -2.32. The standard InChI is InChI=1S/C19H28N4O/c1-14-15(2)22(4)18-6-5-16(13-17(14)18)19(24)20-7-8-23-11-9-21(3)10-12-23/h5-6,13H,7-12H2,1-4H3,(H,20,24). The predicted molar refractivity (Wildman–Crippen MR) is 98.7 cm³/mol. The third kappa shape index (κ3) is 3.32. The van der Waals surface area contributed by atoms with Crippen molar-refractivity contribution in [2.45, 2.75) is 13.8 Å². The maximum atomic E-state index is 12.4. The van der Waals surface area contributed by atoms with Crippen molar-refractivity contribution in [2.75, 3.05) is 46.3 Å². The fourth-order valence-electron chi connectivity index (χ4n) is 3.40. The summed E-state index contributed by atoms with van der Waals surface area (Å²) in [5.41, 5.74) is 4.42. The molecule has 130 valence electrons. The van der Waals surface area contributed by atoms with E-state index in [1.54, 1.807) is 0 Å². The molecule has 2 heterocycles. The van der Waals surface area contributed by atoms with Crippen molar-refractivity contribution in [3.8, 4) is 0 Å². The van der Waals surface area contributed by atoms with E-state index in [0.717, 1.165) is 38.3 Å². The summed E-state index contributed by atoms with van der Waals surface area (Å²) in [5, 5.41) is 4.23. The van der Waals surface area contributed by atoms with E-state index in [0.29, 0.717) is 6.54 Å². The number of carbonyl (C=O) groups is 1. The summed E-state index contributed by atoms with van der Waals surface area (Å²) in [7, 11) is 4.23. The van der Waals surface area contributed by atoms with E-state index < -0.39 is 0 Å². The number of fused-ring (bicyclic) bond motifs is 1. The van der Waals surface area contributed by atoms with Crippen LogP contribution in [-0.4, -0.2) is 66.6 Å². The van der Waals surface area contributed by atoms with Gasteiger partial charge in [0.1, 0.15) is 0 Å². The fraction of sp³-hybridized carbons (Fsp3) is 0.526. The number of likely N-dealkylation sites (N-methyl/N-ethyl adjacent to an activating group) is 1. The lowest BCUT2D eigenvalue weighted by Crippen LogP contribution is -2.46. The molecule has 1 amide bonds. The Balaban J connectivity index is 1.61. The highest BCUT2D eigenvalue weighted by Gasteiger charge is 2.15. The molecular formula is C19H28N4O. The van der Waals surface area contributed by atoms with Crippen molar-refractivity contribution in [3.05, 3.63) is 35.0 Å². The Labute approximate surface area is 144 Å². The molecule has 1 N–H and O–H groups in total. The maximum Gasteiger partial charge on any atom is 0.251 e. The van der Waals surface area contributed by atoms with Crippen molar-refractivity contribution in [3.63, 3.8) is 0 Å². The molecular weight excluding hydrogens is 300 g/mol. The van der Waals surface area contributed by atoms with Gasteiger partial charge in [0, 0.05) is 68.5 Å². The van der Waals surface area contributed by atoms with E-state index in [1.165, 1.54) is 22.2 Å². The van der Waals surface area contributed by atoms with Crippen LogP contribution in [0.5, 0.6) is 0 Å². The Bertz CT molecular complexity index is 741. The number of amides is 1. The Morgan fingerprint density at radius 1 is 1.12 bits per heavy atom. The number of nitrogens with one attached hydrogen (secondary N) is 1. The number of hydrogen-bond donors (Lipinski definition) is 1. The number of aromatic nitrogens is 1. The van der Waals surface area contributed by atoms with Crippen LogP contribution in [0.3, 0.4) is 0 Å². The number of aryl methyl sites for hydroxylation is 2.